The van der Waals surface area contributed by atoms with E-state index in [1.165, 1.54) is 36.3 Å². The second-order valence-electron chi connectivity index (χ2n) is 4.27. The molecule has 0 spiro atoms. The van der Waals surface area contributed by atoms with Gasteiger partial charge in [0.05, 0.1) is 7.11 Å². The van der Waals surface area contributed by atoms with Crippen LogP contribution in [0.2, 0.25) is 0 Å². The predicted molar refractivity (Wildman–Crippen MR) is 75.5 cm³/mol. The van der Waals surface area contributed by atoms with E-state index >= 15 is 0 Å². The molecule has 2 rings (SSSR count). The van der Waals surface area contributed by atoms with Crippen molar-refractivity contribution < 1.29 is 19.7 Å². The van der Waals surface area contributed by atoms with E-state index in [1.807, 2.05) is 0 Å². The highest BCUT2D eigenvalue weighted by atomic mass is 16.5. The van der Waals surface area contributed by atoms with Gasteiger partial charge in [-0.25, -0.2) is 0 Å². The fourth-order valence-corrected chi connectivity index (χ4v) is 1.84. The number of hydrogen-bond donors (Lipinski definition) is 2. The van der Waals surface area contributed by atoms with Crippen LogP contribution < -0.4 is 9.64 Å². The Morgan fingerprint density at radius 1 is 1.15 bits per heavy atom. The fraction of sp³-hybridized carbons (Fsp3) is 0.133. The van der Waals surface area contributed by atoms with Crippen molar-refractivity contribution in [2.45, 2.75) is 0 Å². The topological polar surface area (TPSA) is 70.0 Å². The van der Waals surface area contributed by atoms with Gasteiger partial charge >= 0.3 is 0 Å². The van der Waals surface area contributed by atoms with E-state index in [9.17, 15) is 15.0 Å². The Kier molecular flexibility index (Phi) is 3.79. The minimum atomic E-state index is -0.298. The average molecular weight is 273 g/mol. The second kappa shape index (κ2) is 5.52. The Morgan fingerprint density at radius 3 is 2.50 bits per heavy atom. The van der Waals surface area contributed by atoms with Crippen molar-refractivity contribution >= 4 is 11.6 Å². The van der Waals surface area contributed by atoms with E-state index in [4.69, 9.17) is 4.74 Å². The number of anilines is 1. The number of rotatable bonds is 3. The van der Waals surface area contributed by atoms with Crippen LogP contribution in [-0.4, -0.2) is 30.3 Å². The van der Waals surface area contributed by atoms with Crippen molar-refractivity contribution in [3.63, 3.8) is 0 Å². The van der Waals surface area contributed by atoms with Crippen LogP contribution >= 0.6 is 0 Å². The van der Waals surface area contributed by atoms with E-state index in [0.717, 1.165) is 0 Å². The Balaban J connectivity index is 2.29. The van der Waals surface area contributed by atoms with Crippen molar-refractivity contribution in [3.05, 3.63) is 48.0 Å². The van der Waals surface area contributed by atoms with Crippen LogP contribution in [0.1, 0.15) is 10.4 Å². The maximum absolute atomic E-state index is 12.3. The van der Waals surface area contributed by atoms with E-state index in [0.29, 0.717) is 17.0 Å². The van der Waals surface area contributed by atoms with Crippen LogP contribution in [-0.2, 0) is 0 Å². The van der Waals surface area contributed by atoms with Gasteiger partial charge in [0.15, 0.2) is 11.5 Å². The third-order valence-corrected chi connectivity index (χ3v) is 2.95. The summed E-state index contributed by atoms with van der Waals surface area (Å²) in [7, 11) is 3.04. The third-order valence-electron chi connectivity index (χ3n) is 2.95. The molecule has 0 heterocycles. The van der Waals surface area contributed by atoms with Crippen molar-refractivity contribution in [3.8, 4) is 17.2 Å². The zero-order chi connectivity index (χ0) is 14.7. The number of nitrogens with zero attached hydrogens (tertiary/aromatic N) is 1. The van der Waals surface area contributed by atoms with Gasteiger partial charge in [-0.1, -0.05) is 6.07 Å². The molecule has 0 saturated heterocycles. The van der Waals surface area contributed by atoms with Crippen LogP contribution in [0.3, 0.4) is 0 Å². The molecule has 104 valence electrons. The number of hydrogen-bond acceptors (Lipinski definition) is 4. The highest BCUT2D eigenvalue weighted by Gasteiger charge is 2.15. The molecule has 0 saturated carbocycles. The molecule has 0 aliphatic heterocycles. The van der Waals surface area contributed by atoms with E-state index < -0.39 is 0 Å². The highest BCUT2D eigenvalue weighted by molar-refractivity contribution is 6.06. The quantitative estimate of drug-likeness (QED) is 0.900. The van der Waals surface area contributed by atoms with Gasteiger partial charge in [-0.3, -0.25) is 4.79 Å². The summed E-state index contributed by atoms with van der Waals surface area (Å²) in [5.74, 6) is -0.00232. The summed E-state index contributed by atoms with van der Waals surface area (Å²) in [6.07, 6.45) is 0. The number of carbonyl (C=O) groups is 1. The largest absolute Gasteiger partial charge is 0.508 e. The summed E-state index contributed by atoms with van der Waals surface area (Å²) in [6, 6.07) is 10.8. The lowest BCUT2D eigenvalue weighted by atomic mass is 10.1. The van der Waals surface area contributed by atoms with E-state index in [-0.39, 0.29) is 17.4 Å². The molecular weight excluding hydrogens is 258 g/mol. The molecule has 5 heteroatoms. The molecule has 0 fully saturated rings. The fourth-order valence-electron chi connectivity index (χ4n) is 1.84. The molecule has 5 nitrogen and oxygen atoms in total. The maximum atomic E-state index is 12.3. The monoisotopic (exact) mass is 273 g/mol. The van der Waals surface area contributed by atoms with E-state index in [2.05, 4.69) is 0 Å². The molecule has 20 heavy (non-hydrogen) atoms. The molecule has 2 N–H and O–H groups in total. The standard InChI is InChI=1S/C15H15NO4/c1-16(11-4-3-5-12(17)9-11)15(19)10-6-7-14(20-2)13(18)8-10/h3-9,17-18H,1-2H3. The third kappa shape index (κ3) is 2.66. The zero-order valence-corrected chi connectivity index (χ0v) is 11.2. The molecule has 0 unspecified atom stereocenters. The second-order valence-corrected chi connectivity index (χ2v) is 4.27. The van der Waals surface area contributed by atoms with Gasteiger partial charge in [0, 0.05) is 24.4 Å². The van der Waals surface area contributed by atoms with Gasteiger partial charge in [0.25, 0.3) is 5.91 Å². The van der Waals surface area contributed by atoms with Crippen LogP contribution in [0.4, 0.5) is 5.69 Å². The van der Waals surface area contributed by atoms with Crippen molar-refractivity contribution in [2.75, 3.05) is 19.1 Å². The molecule has 2 aromatic carbocycles. The lowest BCUT2D eigenvalue weighted by molar-refractivity contribution is 0.0992. The molecule has 0 bridgehead atoms. The summed E-state index contributed by atoms with van der Waals surface area (Å²) < 4.78 is 4.93. The van der Waals surface area contributed by atoms with Crippen molar-refractivity contribution in [2.24, 2.45) is 0 Å². The normalized spacial score (nSPS) is 10.1. The summed E-state index contributed by atoms with van der Waals surface area (Å²) in [4.78, 5) is 13.7. The van der Waals surface area contributed by atoms with Crippen molar-refractivity contribution in [1.29, 1.82) is 0 Å². The average Bonchev–Trinajstić information content (AvgIpc) is 2.45. The van der Waals surface area contributed by atoms with Crippen LogP contribution in [0.25, 0.3) is 0 Å². The van der Waals surface area contributed by atoms with Crippen LogP contribution in [0.5, 0.6) is 17.2 Å². The molecule has 0 aromatic heterocycles. The predicted octanol–water partition coefficient (Wildman–Crippen LogP) is 2.38. The number of phenolic OH excluding ortho intramolecular Hbond substituents is 2. The Labute approximate surface area is 116 Å². The Morgan fingerprint density at radius 2 is 1.90 bits per heavy atom. The Hall–Kier alpha value is -2.69. The minimum absolute atomic E-state index is 0.0831. The first-order chi connectivity index (χ1) is 9.52. The number of amides is 1. The number of aromatic hydroxyl groups is 2. The molecular formula is C15H15NO4. The maximum Gasteiger partial charge on any atom is 0.258 e. The minimum Gasteiger partial charge on any atom is -0.508 e. The van der Waals surface area contributed by atoms with Crippen molar-refractivity contribution in [1.82, 2.24) is 0 Å². The number of ether oxygens (including phenoxy) is 1. The molecule has 2 aromatic rings. The summed E-state index contributed by atoms with van der Waals surface area (Å²) >= 11 is 0. The summed E-state index contributed by atoms with van der Waals surface area (Å²) in [5.41, 5.74) is 0.888. The summed E-state index contributed by atoms with van der Waals surface area (Å²) in [6.45, 7) is 0. The number of phenols is 2. The molecule has 0 aliphatic carbocycles. The summed E-state index contributed by atoms with van der Waals surface area (Å²) in [5, 5.41) is 19.1. The molecule has 1 amide bonds. The van der Waals surface area contributed by atoms with Gasteiger partial charge in [-0.2, -0.15) is 0 Å². The molecule has 0 aliphatic rings. The van der Waals surface area contributed by atoms with Gasteiger partial charge < -0.3 is 19.8 Å². The smallest absolute Gasteiger partial charge is 0.258 e. The number of methoxy groups -OCH3 is 1. The van der Waals surface area contributed by atoms with Crippen LogP contribution in [0.15, 0.2) is 42.5 Å². The van der Waals surface area contributed by atoms with Gasteiger partial charge in [0.2, 0.25) is 0 Å². The first-order valence-electron chi connectivity index (χ1n) is 5.97. The van der Waals surface area contributed by atoms with Gasteiger partial charge in [0.1, 0.15) is 5.75 Å². The Bertz CT molecular complexity index is 640. The SMILES string of the molecule is COc1ccc(C(=O)N(C)c2cccc(O)c2)cc1O. The lowest BCUT2D eigenvalue weighted by Gasteiger charge is -2.18. The molecule has 0 atom stereocenters. The van der Waals surface area contributed by atoms with Gasteiger partial charge in [-0.05, 0) is 30.3 Å². The first-order valence-corrected chi connectivity index (χ1v) is 5.97. The number of carbonyl (C=O) groups excluding carboxylic acids is 1. The van der Waals surface area contributed by atoms with Gasteiger partial charge in [-0.15, -0.1) is 0 Å². The van der Waals surface area contributed by atoms with Crippen LogP contribution in [0, 0.1) is 0 Å². The molecule has 0 radical (unpaired) electrons. The zero-order valence-electron chi connectivity index (χ0n) is 11.2. The lowest BCUT2D eigenvalue weighted by Crippen LogP contribution is -2.26. The van der Waals surface area contributed by atoms with E-state index in [1.54, 1.807) is 25.2 Å². The highest BCUT2D eigenvalue weighted by Crippen LogP contribution is 2.27. The number of benzene rings is 2. The first kappa shape index (κ1) is 13.7.